The highest BCUT2D eigenvalue weighted by atomic mass is 32.2. The highest BCUT2D eigenvalue weighted by molar-refractivity contribution is 7.99. The van der Waals surface area contributed by atoms with Gasteiger partial charge in [0.1, 0.15) is 5.03 Å². The Hall–Kier alpha value is -2.34. The Bertz CT molecular complexity index is 878. The Morgan fingerprint density at radius 3 is 2.72 bits per heavy atom. The summed E-state index contributed by atoms with van der Waals surface area (Å²) in [5, 5.41) is 4.02. The number of amides is 2. The molecule has 2 aromatic rings. The number of carbonyl (C=O) groups is 2. The number of hydrogen-bond donors (Lipinski definition) is 1. The van der Waals surface area contributed by atoms with Crippen molar-refractivity contribution in [2.75, 3.05) is 11.4 Å². The largest absolute Gasteiger partial charge is 0.353 e. The van der Waals surface area contributed by atoms with Crippen LogP contribution in [0, 0.1) is 0 Å². The second-order valence-corrected chi connectivity index (χ2v) is 8.77. The molecule has 6 heteroatoms. The minimum atomic E-state index is -0.0240. The first-order chi connectivity index (χ1) is 14.2. The first-order valence-electron chi connectivity index (χ1n) is 10.6. The first kappa shape index (κ1) is 20.0. The van der Waals surface area contributed by atoms with Crippen LogP contribution in [0.4, 0.5) is 5.69 Å². The lowest BCUT2D eigenvalue weighted by Gasteiger charge is -2.22. The summed E-state index contributed by atoms with van der Waals surface area (Å²) in [6, 6.07) is 11.8. The van der Waals surface area contributed by atoms with Gasteiger partial charge in [-0.3, -0.25) is 9.59 Å². The number of nitrogens with zero attached hydrogens (tertiary/aromatic N) is 2. The van der Waals surface area contributed by atoms with Crippen molar-refractivity contribution in [2.24, 2.45) is 0 Å². The average molecular weight is 410 g/mol. The van der Waals surface area contributed by atoms with Crippen LogP contribution in [0.5, 0.6) is 0 Å². The predicted molar refractivity (Wildman–Crippen MR) is 115 cm³/mol. The second kappa shape index (κ2) is 9.44. The van der Waals surface area contributed by atoms with Gasteiger partial charge in [-0.25, -0.2) is 4.98 Å². The average Bonchev–Trinajstić information content (AvgIpc) is 3.05. The molecule has 1 saturated carbocycles. The number of anilines is 1. The van der Waals surface area contributed by atoms with E-state index in [1.807, 2.05) is 36.4 Å². The van der Waals surface area contributed by atoms with E-state index in [1.54, 1.807) is 11.1 Å². The van der Waals surface area contributed by atoms with Crippen molar-refractivity contribution in [3.8, 4) is 0 Å². The van der Waals surface area contributed by atoms with Gasteiger partial charge >= 0.3 is 0 Å². The normalized spacial score (nSPS) is 17.1. The molecule has 0 bridgehead atoms. The maximum atomic E-state index is 13.2. The summed E-state index contributed by atoms with van der Waals surface area (Å²) in [5.74, 6) is 0.0735. The first-order valence-corrected chi connectivity index (χ1v) is 11.4. The number of pyridine rings is 1. The molecule has 1 aromatic heterocycles. The quantitative estimate of drug-likeness (QED) is 0.720. The van der Waals surface area contributed by atoms with E-state index >= 15 is 0 Å². The third-order valence-electron chi connectivity index (χ3n) is 5.62. The van der Waals surface area contributed by atoms with Gasteiger partial charge in [-0.1, -0.05) is 49.6 Å². The van der Waals surface area contributed by atoms with Gasteiger partial charge in [-0.2, -0.15) is 0 Å². The molecule has 5 nitrogen and oxygen atoms in total. The number of nitrogens with one attached hydrogen (secondary N) is 1. The number of aromatic nitrogens is 1. The van der Waals surface area contributed by atoms with E-state index in [9.17, 15) is 9.59 Å². The summed E-state index contributed by atoms with van der Waals surface area (Å²) < 4.78 is 0. The molecular weight excluding hydrogens is 382 g/mol. The third-order valence-corrected chi connectivity index (χ3v) is 6.70. The molecule has 152 valence electrons. The van der Waals surface area contributed by atoms with Gasteiger partial charge in [0.05, 0.1) is 11.3 Å². The predicted octanol–water partition coefficient (Wildman–Crippen LogP) is 4.81. The molecular formula is C23H27N3O2S. The summed E-state index contributed by atoms with van der Waals surface area (Å²) in [4.78, 5) is 32.8. The summed E-state index contributed by atoms with van der Waals surface area (Å²) in [6.45, 7) is 0.504. The van der Waals surface area contributed by atoms with Crippen molar-refractivity contribution in [2.45, 2.75) is 67.3 Å². The van der Waals surface area contributed by atoms with Crippen molar-refractivity contribution in [3.63, 3.8) is 0 Å². The third kappa shape index (κ3) is 4.81. The number of fused-ring (bicyclic) bond motifs is 2. The maximum absolute atomic E-state index is 13.2. The molecule has 0 saturated heterocycles. The minimum Gasteiger partial charge on any atom is -0.353 e. The zero-order chi connectivity index (χ0) is 20.1. The van der Waals surface area contributed by atoms with Gasteiger partial charge in [0.2, 0.25) is 5.91 Å². The number of carbonyl (C=O) groups excluding carboxylic acids is 2. The molecule has 1 N–H and O–H groups in total. The van der Waals surface area contributed by atoms with Crippen LogP contribution in [0.1, 0.15) is 61.7 Å². The van der Waals surface area contributed by atoms with Gasteiger partial charge in [-0.15, -0.1) is 0 Å². The maximum Gasteiger partial charge on any atom is 0.259 e. The smallest absolute Gasteiger partial charge is 0.259 e. The van der Waals surface area contributed by atoms with Gasteiger partial charge < -0.3 is 10.2 Å². The van der Waals surface area contributed by atoms with Crippen LogP contribution in [0.15, 0.2) is 52.5 Å². The number of rotatable bonds is 5. The van der Waals surface area contributed by atoms with Crippen molar-refractivity contribution >= 4 is 29.3 Å². The summed E-state index contributed by atoms with van der Waals surface area (Å²) in [7, 11) is 0. The second-order valence-electron chi connectivity index (χ2n) is 7.74. The highest BCUT2D eigenvalue weighted by Crippen LogP contribution is 2.39. The van der Waals surface area contributed by atoms with Crippen LogP contribution >= 0.6 is 11.8 Å². The van der Waals surface area contributed by atoms with E-state index < -0.39 is 0 Å². The zero-order valence-corrected chi connectivity index (χ0v) is 17.4. The van der Waals surface area contributed by atoms with Crippen LogP contribution in [0.25, 0.3) is 0 Å². The molecule has 1 aliphatic carbocycles. The van der Waals surface area contributed by atoms with Crippen molar-refractivity contribution in [1.82, 2.24) is 10.3 Å². The minimum absolute atomic E-state index is 0.0240. The zero-order valence-electron chi connectivity index (χ0n) is 16.6. The van der Waals surface area contributed by atoms with E-state index in [4.69, 9.17) is 0 Å². The molecule has 1 fully saturated rings. The molecule has 2 heterocycles. The molecule has 4 rings (SSSR count). The van der Waals surface area contributed by atoms with E-state index in [1.165, 1.54) is 37.4 Å². The molecule has 29 heavy (non-hydrogen) atoms. The van der Waals surface area contributed by atoms with Gasteiger partial charge in [0.25, 0.3) is 5.91 Å². The van der Waals surface area contributed by atoms with Crippen molar-refractivity contribution in [1.29, 1.82) is 0 Å². The van der Waals surface area contributed by atoms with Crippen LogP contribution in [0.3, 0.4) is 0 Å². The fraction of sp³-hybridized carbons (Fsp3) is 0.435. The SMILES string of the molecule is O=C(CCCN1C(=O)c2ccccc2Sc2ncccc21)NC1CCCCCC1. The Morgan fingerprint density at radius 1 is 1.10 bits per heavy atom. The molecule has 0 atom stereocenters. The standard InChI is InChI=1S/C23H27N3O2S/c27-21(25-17-9-3-1-2-4-10-17)14-8-16-26-19-12-7-15-24-22(19)29-20-13-6-5-11-18(20)23(26)28/h5-7,11-13,15,17H,1-4,8-10,14,16H2,(H,25,27). The van der Waals surface area contributed by atoms with Gasteiger partial charge in [0, 0.05) is 30.1 Å². The van der Waals surface area contributed by atoms with E-state index in [0.717, 1.165) is 28.5 Å². The van der Waals surface area contributed by atoms with Crippen LogP contribution < -0.4 is 10.2 Å². The van der Waals surface area contributed by atoms with Gasteiger partial charge in [-0.05, 0) is 43.5 Å². The van der Waals surface area contributed by atoms with Crippen LogP contribution in [0.2, 0.25) is 0 Å². The van der Waals surface area contributed by atoms with Crippen molar-refractivity contribution < 1.29 is 9.59 Å². The Kier molecular flexibility index (Phi) is 6.49. The Morgan fingerprint density at radius 2 is 1.90 bits per heavy atom. The van der Waals surface area contributed by atoms with E-state index in [2.05, 4.69) is 10.3 Å². The lowest BCUT2D eigenvalue weighted by atomic mass is 10.1. The fourth-order valence-electron chi connectivity index (χ4n) is 4.10. The highest BCUT2D eigenvalue weighted by Gasteiger charge is 2.27. The summed E-state index contributed by atoms with van der Waals surface area (Å²) >= 11 is 1.52. The van der Waals surface area contributed by atoms with E-state index in [0.29, 0.717) is 31.0 Å². The topological polar surface area (TPSA) is 62.3 Å². The molecule has 0 unspecified atom stereocenters. The Balaban J connectivity index is 1.42. The van der Waals surface area contributed by atoms with Crippen LogP contribution in [-0.4, -0.2) is 29.4 Å². The van der Waals surface area contributed by atoms with Gasteiger partial charge in [0.15, 0.2) is 0 Å². The van der Waals surface area contributed by atoms with Crippen molar-refractivity contribution in [3.05, 3.63) is 48.2 Å². The molecule has 1 aromatic carbocycles. The summed E-state index contributed by atoms with van der Waals surface area (Å²) in [6.07, 6.45) is 9.94. The lowest BCUT2D eigenvalue weighted by molar-refractivity contribution is -0.121. The molecule has 2 aliphatic rings. The molecule has 0 spiro atoms. The molecule has 2 amide bonds. The monoisotopic (exact) mass is 409 g/mol. The fourth-order valence-corrected chi connectivity index (χ4v) is 5.12. The molecule has 1 aliphatic heterocycles. The Labute approximate surface area is 176 Å². The molecule has 0 radical (unpaired) electrons. The summed E-state index contributed by atoms with van der Waals surface area (Å²) in [5.41, 5.74) is 1.52. The van der Waals surface area contributed by atoms with E-state index in [-0.39, 0.29) is 11.8 Å². The lowest BCUT2D eigenvalue weighted by Crippen LogP contribution is -2.36. The number of benzene rings is 1. The number of hydrogen-bond acceptors (Lipinski definition) is 4. The van der Waals surface area contributed by atoms with Crippen LogP contribution in [-0.2, 0) is 4.79 Å².